The summed E-state index contributed by atoms with van der Waals surface area (Å²) in [6.07, 6.45) is -2.94. The normalized spacial score (nSPS) is 12.8. The first-order valence-corrected chi connectivity index (χ1v) is 10.2. The molecule has 3 aromatic rings. The fraction of sp³-hybridized carbons (Fsp3) is 0.308. The summed E-state index contributed by atoms with van der Waals surface area (Å²) in [6, 6.07) is 23.5. The van der Waals surface area contributed by atoms with Crippen LogP contribution in [0.1, 0.15) is 60.4 Å². The molecule has 0 saturated carbocycles. The number of hydrogen-bond donors (Lipinski definition) is 0. The number of benzene rings is 3. The molecular weight excluding hydrogens is 385 g/mol. The fourth-order valence-electron chi connectivity index (χ4n) is 3.52. The molecule has 0 aliphatic heterocycles. The number of ether oxygens (including phenoxy) is 1. The van der Waals surface area contributed by atoms with Gasteiger partial charge in [-0.3, -0.25) is 0 Å². The molecule has 3 rings (SSSR count). The summed E-state index contributed by atoms with van der Waals surface area (Å²) in [5.74, 6) is 0.539. The molecule has 158 valence electrons. The maximum absolute atomic E-state index is 12.3. The van der Waals surface area contributed by atoms with Crippen molar-refractivity contribution in [2.45, 2.75) is 51.8 Å². The largest absolute Gasteiger partial charge is 0.573 e. The second-order valence-electron chi connectivity index (χ2n) is 8.11. The zero-order chi connectivity index (χ0) is 21.7. The van der Waals surface area contributed by atoms with E-state index in [9.17, 15) is 13.2 Å². The van der Waals surface area contributed by atoms with Crippen LogP contribution in [0, 0.1) is 0 Å². The highest BCUT2D eigenvalue weighted by atomic mass is 19.4. The van der Waals surface area contributed by atoms with Gasteiger partial charge in [0.25, 0.3) is 0 Å². The Labute approximate surface area is 176 Å². The lowest BCUT2D eigenvalue weighted by atomic mass is 9.92. The molecule has 1 unspecified atom stereocenters. The lowest BCUT2D eigenvalue weighted by Gasteiger charge is -2.14. The SMILES string of the molecule is CC(C)c1ccc(Cc2ccc(CC(C)c3ccc(OC(F)(F)F)cc3)cc2)cc1. The Morgan fingerprint density at radius 1 is 0.667 bits per heavy atom. The predicted molar refractivity (Wildman–Crippen MR) is 115 cm³/mol. The first-order valence-electron chi connectivity index (χ1n) is 10.2. The summed E-state index contributed by atoms with van der Waals surface area (Å²) in [5.41, 5.74) is 6.09. The molecule has 0 bridgehead atoms. The lowest BCUT2D eigenvalue weighted by molar-refractivity contribution is -0.274. The van der Waals surface area contributed by atoms with Crippen LogP contribution in [0.15, 0.2) is 72.8 Å². The molecule has 0 saturated heterocycles. The summed E-state index contributed by atoms with van der Waals surface area (Å²) in [5, 5.41) is 0. The zero-order valence-electron chi connectivity index (χ0n) is 17.5. The van der Waals surface area contributed by atoms with E-state index in [2.05, 4.69) is 74.0 Å². The van der Waals surface area contributed by atoms with Gasteiger partial charge in [0.05, 0.1) is 0 Å². The maximum atomic E-state index is 12.3. The average Bonchev–Trinajstić information content (AvgIpc) is 2.69. The van der Waals surface area contributed by atoms with Crippen molar-refractivity contribution in [3.63, 3.8) is 0 Å². The van der Waals surface area contributed by atoms with Gasteiger partial charge in [-0.2, -0.15) is 0 Å². The highest BCUT2D eigenvalue weighted by Crippen LogP contribution is 2.27. The van der Waals surface area contributed by atoms with Crippen LogP contribution in [-0.2, 0) is 12.8 Å². The van der Waals surface area contributed by atoms with Crippen molar-refractivity contribution < 1.29 is 17.9 Å². The standard InChI is InChI=1S/C26H27F3O/c1-18(2)23-10-8-22(9-11-23)17-21-6-4-20(5-7-21)16-19(3)24-12-14-25(15-13-24)30-26(27,28)29/h4-15,18-19H,16-17H2,1-3H3. The first kappa shape index (κ1) is 21.9. The molecule has 0 aliphatic carbocycles. The topological polar surface area (TPSA) is 9.23 Å². The summed E-state index contributed by atoms with van der Waals surface area (Å²) in [6.45, 7) is 6.46. The van der Waals surface area contributed by atoms with Crippen LogP contribution in [-0.4, -0.2) is 6.36 Å². The van der Waals surface area contributed by atoms with Gasteiger partial charge in [0.1, 0.15) is 5.75 Å². The third-order valence-electron chi connectivity index (χ3n) is 5.30. The van der Waals surface area contributed by atoms with E-state index in [1.54, 1.807) is 12.1 Å². The number of hydrogen-bond acceptors (Lipinski definition) is 1. The van der Waals surface area contributed by atoms with E-state index < -0.39 is 6.36 Å². The van der Waals surface area contributed by atoms with Gasteiger partial charge in [0, 0.05) is 0 Å². The molecule has 0 N–H and O–H groups in total. The highest BCUT2D eigenvalue weighted by molar-refractivity contribution is 5.33. The maximum Gasteiger partial charge on any atom is 0.573 e. The summed E-state index contributed by atoms with van der Waals surface area (Å²) in [4.78, 5) is 0. The van der Waals surface area contributed by atoms with Crippen LogP contribution in [0.4, 0.5) is 13.2 Å². The minimum absolute atomic E-state index is 0.191. The van der Waals surface area contributed by atoms with Crippen molar-refractivity contribution in [1.29, 1.82) is 0 Å². The molecule has 0 aliphatic rings. The van der Waals surface area contributed by atoms with Crippen molar-refractivity contribution in [2.75, 3.05) is 0 Å². The van der Waals surface area contributed by atoms with Crippen molar-refractivity contribution >= 4 is 0 Å². The van der Waals surface area contributed by atoms with E-state index >= 15 is 0 Å². The summed E-state index contributed by atoms with van der Waals surface area (Å²) < 4.78 is 40.8. The van der Waals surface area contributed by atoms with Gasteiger partial charge >= 0.3 is 6.36 Å². The van der Waals surface area contributed by atoms with Gasteiger partial charge in [0.15, 0.2) is 0 Å². The van der Waals surface area contributed by atoms with Gasteiger partial charge in [-0.15, -0.1) is 13.2 Å². The number of alkyl halides is 3. The molecular formula is C26H27F3O. The lowest BCUT2D eigenvalue weighted by Crippen LogP contribution is -2.17. The smallest absolute Gasteiger partial charge is 0.406 e. The van der Waals surface area contributed by atoms with Crippen LogP contribution in [0.5, 0.6) is 5.75 Å². The van der Waals surface area contributed by atoms with Gasteiger partial charge in [-0.25, -0.2) is 0 Å². The first-order chi connectivity index (χ1) is 14.2. The van der Waals surface area contributed by atoms with Gasteiger partial charge < -0.3 is 4.74 Å². The monoisotopic (exact) mass is 412 g/mol. The van der Waals surface area contributed by atoms with Crippen LogP contribution < -0.4 is 4.74 Å². The van der Waals surface area contributed by atoms with E-state index in [-0.39, 0.29) is 11.7 Å². The number of rotatable bonds is 7. The van der Waals surface area contributed by atoms with Crippen LogP contribution in [0.2, 0.25) is 0 Å². The van der Waals surface area contributed by atoms with Gasteiger partial charge in [-0.05, 0) is 64.6 Å². The minimum atomic E-state index is -4.66. The van der Waals surface area contributed by atoms with E-state index in [0.717, 1.165) is 18.4 Å². The number of halogens is 3. The minimum Gasteiger partial charge on any atom is -0.406 e. The van der Waals surface area contributed by atoms with Crippen LogP contribution in [0.3, 0.4) is 0 Å². The van der Waals surface area contributed by atoms with E-state index in [1.165, 1.54) is 34.4 Å². The Morgan fingerprint density at radius 2 is 1.13 bits per heavy atom. The van der Waals surface area contributed by atoms with E-state index in [0.29, 0.717) is 5.92 Å². The van der Waals surface area contributed by atoms with Crippen LogP contribution >= 0.6 is 0 Å². The molecule has 1 nitrogen and oxygen atoms in total. The molecule has 0 heterocycles. The third kappa shape index (κ3) is 6.38. The van der Waals surface area contributed by atoms with E-state index in [4.69, 9.17) is 0 Å². The molecule has 3 aromatic carbocycles. The average molecular weight is 412 g/mol. The Kier molecular flexibility index (Phi) is 6.86. The van der Waals surface area contributed by atoms with Crippen molar-refractivity contribution in [3.8, 4) is 5.75 Å². The predicted octanol–water partition coefficient (Wildman–Crippen LogP) is 7.65. The van der Waals surface area contributed by atoms with Gasteiger partial charge in [0.2, 0.25) is 0 Å². The van der Waals surface area contributed by atoms with E-state index in [1.807, 2.05) is 0 Å². The molecule has 1 atom stereocenters. The quantitative estimate of drug-likeness (QED) is 0.387. The summed E-state index contributed by atoms with van der Waals surface area (Å²) in [7, 11) is 0. The molecule has 0 radical (unpaired) electrons. The third-order valence-corrected chi connectivity index (χ3v) is 5.30. The Bertz CT molecular complexity index is 924. The second kappa shape index (κ2) is 9.38. The Hall–Kier alpha value is -2.75. The second-order valence-corrected chi connectivity index (χ2v) is 8.11. The van der Waals surface area contributed by atoms with Crippen molar-refractivity contribution in [3.05, 3.63) is 101 Å². The molecule has 0 aromatic heterocycles. The summed E-state index contributed by atoms with van der Waals surface area (Å²) >= 11 is 0. The molecule has 30 heavy (non-hydrogen) atoms. The van der Waals surface area contributed by atoms with Gasteiger partial charge in [-0.1, -0.05) is 81.4 Å². The molecule has 4 heteroatoms. The molecule has 0 spiro atoms. The molecule has 0 fully saturated rings. The fourth-order valence-corrected chi connectivity index (χ4v) is 3.52. The van der Waals surface area contributed by atoms with Crippen molar-refractivity contribution in [1.82, 2.24) is 0 Å². The Balaban J connectivity index is 1.58. The zero-order valence-corrected chi connectivity index (χ0v) is 17.5. The highest BCUT2D eigenvalue weighted by Gasteiger charge is 2.31. The van der Waals surface area contributed by atoms with Crippen molar-refractivity contribution in [2.24, 2.45) is 0 Å². The van der Waals surface area contributed by atoms with Crippen LogP contribution in [0.25, 0.3) is 0 Å². The molecule has 0 amide bonds. The Morgan fingerprint density at radius 3 is 1.63 bits per heavy atom.